The van der Waals surface area contributed by atoms with Crippen LogP contribution in [-0.4, -0.2) is 11.6 Å². The van der Waals surface area contributed by atoms with Gasteiger partial charge in [0.15, 0.2) is 0 Å². The third-order valence-electron chi connectivity index (χ3n) is 4.76. The lowest BCUT2D eigenvalue weighted by molar-refractivity contribution is -0.120. The van der Waals surface area contributed by atoms with Gasteiger partial charge >= 0.3 is 0 Å². The number of aryl methyl sites for hydroxylation is 2. The van der Waals surface area contributed by atoms with Gasteiger partial charge in [-0.05, 0) is 42.7 Å². The third-order valence-corrected chi connectivity index (χ3v) is 5.78. The summed E-state index contributed by atoms with van der Waals surface area (Å²) in [5.74, 6) is 0.780. The molecule has 142 valence electrons. The molecule has 0 saturated carbocycles. The highest BCUT2D eigenvalue weighted by atomic mass is 32.1. The molecule has 0 spiro atoms. The van der Waals surface area contributed by atoms with Gasteiger partial charge in [-0.25, -0.2) is 0 Å². The Labute approximate surface area is 158 Å². The molecule has 0 fully saturated rings. The van der Waals surface area contributed by atoms with Gasteiger partial charge in [0.1, 0.15) is 11.6 Å². The fourth-order valence-electron chi connectivity index (χ4n) is 3.08. The van der Waals surface area contributed by atoms with Crippen LogP contribution in [0.4, 0.5) is 0 Å². The number of rotatable bonds is 16. The van der Waals surface area contributed by atoms with Crippen LogP contribution in [0.2, 0.25) is 0 Å². The number of carbonyl (C=O) groups is 2. The normalized spacial score (nSPS) is 11.0. The zero-order chi connectivity index (χ0) is 18.3. The van der Waals surface area contributed by atoms with Gasteiger partial charge in [-0.1, -0.05) is 52.4 Å². The van der Waals surface area contributed by atoms with E-state index < -0.39 is 0 Å². The molecule has 0 aliphatic heterocycles. The Morgan fingerprint density at radius 3 is 1.88 bits per heavy atom. The maximum absolute atomic E-state index is 12.0. The van der Waals surface area contributed by atoms with Crippen molar-refractivity contribution in [2.75, 3.05) is 0 Å². The highest BCUT2D eigenvalue weighted by Gasteiger charge is 2.10. The van der Waals surface area contributed by atoms with Crippen LogP contribution in [0.25, 0.3) is 0 Å². The fourth-order valence-corrected chi connectivity index (χ4v) is 4.02. The molecule has 0 unspecified atom stereocenters. The van der Waals surface area contributed by atoms with Gasteiger partial charge in [0, 0.05) is 30.6 Å². The van der Waals surface area contributed by atoms with Crippen molar-refractivity contribution in [1.82, 2.24) is 0 Å². The zero-order valence-electron chi connectivity index (χ0n) is 16.3. The van der Waals surface area contributed by atoms with Gasteiger partial charge in [-0.15, -0.1) is 11.3 Å². The molecular formula is C22H36O2S. The second-order valence-corrected chi connectivity index (χ2v) is 8.07. The van der Waals surface area contributed by atoms with Crippen LogP contribution in [0, 0.1) is 0 Å². The summed E-state index contributed by atoms with van der Waals surface area (Å²) in [5, 5.41) is 2.10. The minimum Gasteiger partial charge on any atom is -0.300 e. The predicted octanol–water partition coefficient (Wildman–Crippen LogP) is 6.69. The van der Waals surface area contributed by atoms with E-state index in [-0.39, 0.29) is 0 Å². The maximum atomic E-state index is 12.0. The first-order valence-corrected chi connectivity index (χ1v) is 11.1. The molecule has 2 nitrogen and oxygen atoms in total. The molecule has 0 atom stereocenters. The molecule has 1 rings (SSSR count). The van der Waals surface area contributed by atoms with Crippen LogP contribution in [-0.2, 0) is 22.4 Å². The molecule has 1 aromatic heterocycles. The van der Waals surface area contributed by atoms with Crippen molar-refractivity contribution < 1.29 is 9.59 Å². The Kier molecular flexibility index (Phi) is 12.6. The molecule has 1 heterocycles. The van der Waals surface area contributed by atoms with E-state index in [4.69, 9.17) is 0 Å². The average molecular weight is 365 g/mol. The van der Waals surface area contributed by atoms with E-state index in [0.717, 1.165) is 38.5 Å². The number of hydrogen-bond donors (Lipinski definition) is 0. The maximum Gasteiger partial charge on any atom is 0.133 e. The molecule has 0 bridgehead atoms. The first-order valence-electron chi connectivity index (χ1n) is 10.3. The summed E-state index contributed by atoms with van der Waals surface area (Å²) in [4.78, 5) is 25.3. The molecule has 0 N–H and O–H groups in total. The van der Waals surface area contributed by atoms with Crippen molar-refractivity contribution in [1.29, 1.82) is 0 Å². The van der Waals surface area contributed by atoms with Crippen molar-refractivity contribution in [3.8, 4) is 0 Å². The standard InChI is InChI=1S/C22H36O2S/c1-3-5-7-9-11-20(23)14-13-19-17-18-25-22(19)16-15-21(24)12-10-8-6-4-2/h17-18H,3-16H2,1-2H3. The summed E-state index contributed by atoms with van der Waals surface area (Å²) in [5.41, 5.74) is 1.28. The van der Waals surface area contributed by atoms with Gasteiger partial charge in [0.25, 0.3) is 0 Å². The predicted molar refractivity (Wildman–Crippen MR) is 108 cm³/mol. The zero-order valence-corrected chi connectivity index (χ0v) is 17.1. The highest BCUT2D eigenvalue weighted by molar-refractivity contribution is 7.10. The van der Waals surface area contributed by atoms with E-state index in [1.807, 2.05) is 0 Å². The number of thiophene rings is 1. The average Bonchev–Trinajstić information content (AvgIpc) is 3.06. The van der Waals surface area contributed by atoms with Crippen molar-refractivity contribution >= 4 is 22.9 Å². The molecule has 0 aromatic carbocycles. The minimum atomic E-state index is 0.389. The molecule has 0 amide bonds. The molecule has 0 aliphatic rings. The summed E-state index contributed by atoms with van der Waals surface area (Å²) >= 11 is 1.74. The largest absolute Gasteiger partial charge is 0.300 e. The van der Waals surface area contributed by atoms with E-state index in [9.17, 15) is 9.59 Å². The number of carbonyl (C=O) groups excluding carboxylic acids is 2. The monoisotopic (exact) mass is 364 g/mol. The second kappa shape index (κ2) is 14.2. The van der Waals surface area contributed by atoms with Crippen molar-refractivity contribution in [3.63, 3.8) is 0 Å². The van der Waals surface area contributed by atoms with Crippen molar-refractivity contribution in [2.45, 2.75) is 104 Å². The van der Waals surface area contributed by atoms with E-state index in [1.165, 1.54) is 49.0 Å². The number of hydrogen-bond acceptors (Lipinski definition) is 3. The number of Topliss-reactive ketones (excluding diaryl/α,β-unsaturated/α-hetero) is 2. The summed E-state index contributed by atoms with van der Waals surface area (Å²) in [6, 6.07) is 2.14. The van der Waals surface area contributed by atoms with Gasteiger partial charge in [0.2, 0.25) is 0 Å². The number of unbranched alkanes of at least 4 members (excludes halogenated alkanes) is 6. The Hall–Kier alpha value is -0.960. The molecular weight excluding hydrogens is 328 g/mol. The van der Waals surface area contributed by atoms with Crippen molar-refractivity contribution in [3.05, 3.63) is 21.9 Å². The lowest BCUT2D eigenvalue weighted by Gasteiger charge is -2.05. The molecule has 1 aromatic rings. The summed E-state index contributed by atoms with van der Waals surface area (Å²) in [7, 11) is 0. The van der Waals surface area contributed by atoms with E-state index >= 15 is 0 Å². The first kappa shape index (κ1) is 22.1. The van der Waals surface area contributed by atoms with Crippen LogP contribution >= 0.6 is 11.3 Å². The molecule has 0 aliphatic carbocycles. The Bertz CT molecular complexity index is 447. The second-order valence-electron chi connectivity index (χ2n) is 7.07. The Morgan fingerprint density at radius 1 is 0.760 bits per heavy atom. The van der Waals surface area contributed by atoms with Crippen LogP contribution in [0.1, 0.15) is 101 Å². The van der Waals surface area contributed by atoms with Crippen LogP contribution in [0.15, 0.2) is 11.4 Å². The SMILES string of the molecule is CCCCCCC(=O)CCc1ccsc1CCC(=O)CCCCCC. The van der Waals surface area contributed by atoms with Gasteiger partial charge in [0.05, 0.1) is 0 Å². The molecule has 0 saturated heterocycles. The minimum absolute atomic E-state index is 0.389. The van der Waals surface area contributed by atoms with E-state index in [0.29, 0.717) is 24.4 Å². The molecule has 25 heavy (non-hydrogen) atoms. The van der Waals surface area contributed by atoms with Crippen molar-refractivity contribution in [2.24, 2.45) is 0 Å². The van der Waals surface area contributed by atoms with Gasteiger partial charge in [-0.2, -0.15) is 0 Å². The lowest BCUT2D eigenvalue weighted by Crippen LogP contribution is -2.03. The summed E-state index contributed by atoms with van der Waals surface area (Å²) in [6.45, 7) is 4.38. The topological polar surface area (TPSA) is 34.1 Å². The quantitative estimate of drug-likeness (QED) is 0.306. The smallest absolute Gasteiger partial charge is 0.133 e. The Morgan fingerprint density at radius 2 is 1.32 bits per heavy atom. The van der Waals surface area contributed by atoms with E-state index in [1.54, 1.807) is 11.3 Å². The van der Waals surface area contributed by atoms with Crippen LogP contribution in [0.3, 0.4) is 0 Å². The third kappa shape index (κ3) is 10.6. The van der Waals surface area contributed by atoms with Gasteiger partial charge < -0.3 is 0 Å². The fraction of sp³-hybridized carbons (Fsp3) is 0.727. The van der Waals surface area contributed by atoms with Gasteiger partial charge in [-0.3, -0.25) is 9.59 Å². The van der Waals surface area contributed by atoms with E-state index in [2.05, 4.69) is 25.3 Å². The Balaban J connectivity index is 2.24. The van der Waals surface area contributed by atoms with Crippen LogP contribution < -0.4 is 0 Å². The number of ketones is 2. The summed E-state index contributed by atoms with van der Waals surface area (Å²) in [6.07, 6.45) is 13.8. The van der Waals surface area contributed by atoms with Crippen LogP contribution in [0.5, 0.6) is 0 Å². The summed E-state index contributed by atoms with van der Waals surface area (Å²) < 4.78 is 0. The molecule has 0 radical (unpaired) electrons. The molecule has 3 heteroatoms. The first-order chi connectivity index (χ1) is 12.2. The lowest BCUT2D eigenvalue weighted by atomic mass is 10.0. The highest BCUT2D eigenvalue weighted by Crippen LogP contribution is 2.21.